The lowest BCUT2D eigenvalue weighted by molar-refractivity contribution is -0.0971. The lowest BCUT2D eigenvalue weighted by Gasteiger charge is -2.13. The fourth-order valence-corrected chi connectivity index (χ4v) is 1.72. The van der Waals surface area contributed by atoms with E-state index in [1.54, 1.807) is 12.3 Å². The first-order chi connectivity index (χ1) is 9.17. The number of urea groups is 1. The van der Waals surface area contributed by atoms with Gasteiger partial charge < -0.3 is 20.1 Å². The van der Waals surface area contributed by atoms with Gasteiger partial charge in [-0.2, -0.15) is 0 Å². The van der Waals surface area contributed by atoms with Crippen molar-refractivity contribution in [2.75, 3.05) is 20.8 Å². The zero-order valence-corrected chi connectivity index (χ0v) is 12.4. The molecule has 0 unspecified atom stereocenters. The number of benzene rings is 1. The molecule has 19 heavy (non-hydrogen) atoms. The van der Waals surface area contributed by atoms with E-state index in [0.717, 1.165) is 10.0 Å². The van der Waals surface area contributed by atoms with Gasteiger partial charge in [-0.1, -0.05) is 34.1 Å². The summed E-state index contributed by atoms with van der Waals surface area (Å²) in [5.74, 6) is 0. The molecular formula is C13H17BrN2O3. The minimum Gasteiger partial charge on any atom is -0.354 e. The molecule has 0 aliphatic heterocycles. The van der Waals surface area contributed by atoms with Crippen LogP contribution < -0.4 is 10.6 Å². The summed E-state index contributed by atoms with van der Waals surface area (Å²) in [4.78, 5) is 11.5. The summed E-state index contributed by atoms with van der Waals surface area (Å²) in [5.41, 5.74) is 0.981. The summed E-state index contributed by atoms with van der Waals surface area (Å²) in [5, 5.41) is 5.22. The van der Waals surface area contributed by atoms with Gasteiger partial charge in [0.25, 0.3) is 0 Å². The van der Waals surface area contributed by atoms with E-state index >= 15 is 0 Å². The second-order valence-corrected chi connectivity index (χ2v) is 4.46. The Kier molecular flexibility index (Phi) is 7.17. The van der Waals surface area contributed by atoms with Crippen LogP contribution in [-0.2, 0) is 9.47 Å². The maximum absolute atomic E-state index is 11.5. The van der Waals surface area contributed by atoms with E-state index in [1.165, 1.54) is 14.2 Å². The van der Waals surface area contributed by atoms with Crippen molar-refractivity contribution in [3.63, 3.8) is 0 Å². The SMILES string of the molecule is COC(CNC(=O)N/C=C/c1ccccc1Br)OC. The van der Waals surface area contributed by atoms with E-state index in [-0.39, 0.29) is 12.6 Å². The van der Waals surface area contributed by atoms with Gasteiger partial charge in [-0.05, 0) is 17.7 Å². The first kappa shape index (κ1) is 15.7. The predicted molar refractivity (Wildman–Crippen MR) is 77.5 cm³/mol. The Morgan fingerprint density at radius 3 is 2.68 bits per heavy atom. The Morgan fingerprint density at radius 2 is 2.05 bits per heavy atom. The normalized spacial score (nSPS) is 10.9. The average Bonchev–Trinajstić information content (AvgIpc) is 2.42. The van der Waals surface area contributed by atoms with Crippen molar-refractivity contribution in [1.29, 1.82) is 0 Å². The van der Waals surface area contributed by atoms with Crippen molar-refractivity contribution >= 4 is 28.0 Å². The molecule has 0 saturated carbocycles. The second kappa shape index (κ2) is 8.68. The Morgan fingerprint density at radius 1 is 1.37 bits per heavy atom. The fraction of sp³-hybridized carbons (Fsp3) is 0.308. The molecule has 2 N–H and O–H groups in total. The molecule has 0 saturated heterocycles. The van der Waals surface area contributed by atoms with Crippen molar-refractivity contribution < 1.29 is 14.3 Å². The molecular weight excluding hydrogens is 312 g/mol. The molecule has 0 aromatic heterocycles. The van der Waals surface area contributed by atoms with Crippen LogP contribution in [0.2, 0.25) is 0 Å². The number of halogens is 1. The summed E-state index contributed by atoms with van der Waals surface area (Å²) < 4.78 is 10.9. The number of hydrogen-bond donors (Lipinski definition) is 2. The van der Waals surface area contributed by atoms with Crippen molar-refractivity contribution in [3.8, 4) is 0 Å². The largest absolute Gasteiger partial charge is 0.354 e. The van der Waals surface area contributed by atoms with Crippen LogP contribution in [-0.4, -0.2) is 33.1 Å². The van der Waals surface area contributed by atoms with Gasteiger partial charge in [0.1, 0.15) is 0 Å². The van der Waals surface area contributed by atoms with Crippen LogP contribution in [0.15, 0.2) is 34.9 Å². The Labute approximate surface area is 121 Å². The highest BCUT2D eigenvalue weighted by Gasteiger charge is 2.06. The van der Waals surface area contributed by atoms with E-state index < -0.39 is 6.29 Å². The molecule has 0 heterocycles. The maximum atomic E-state index is 11.5. The van der Waals surface area contributed by atoms with Gasteiger partial charge >= 0.3 is 6.03 Å². The van der Waals surface area contributed by atoms with E-state index in [1.807, 2.05) is 24.3 Å². The topological polar surface area (TPSA) is 59.6 Å². The van der Waals surface area contributed by atoms with Gasteiger partial charge in [0.2, 0.25) is 0 Å². The third-order valence-electron chi connectivity index (χ3n) is 2.34. The van der Waals surface area contributed by atoms with E-state index in [4.69, 9.17) is 9.47 Å². The van der Waals surface area contributed by atoms with Crippen LogP contribution in [0.25, 0.3) is 6.08 Å². The summed E-state index contributed by atoms with van der Waals surface area (Å²) in [6.07, 6.45) is 2.93. The van der Waals surface area contributed by atoms with Crippen LogP contribution >= 0.6 is 15.9 Å². The van der Waals surface area contributed by atoms with Gasteiger partial charge in [-0.25, -0.2) is 4.79 Å². The first-order valence-electron chi connectivity index (χ1n) is 5.68. The monoisotopic (exact) mass is 328 g/mol. The Balaban J connectivity index is 2.36. The fourth-order valence-electron chi connectivity index (χ4n) is 1.31. The van der Waals surface area contributed by atoms with Gasteiger partial charge in [0, 0.05) is 24.9 Å². The molecule has 1 aromatic carbocycles. The quantitative estimate of drug-likeness (QED) is 0.788. The molecule has 0 atom stereocenters. The zero-order valence-electron chi connectivity index (χ0n) is 10.9. The predicted octanol–water partition coefficient (Wildman–Crippen LogP) is 2.34. The summed E-state index contributed by atoms with van der Waals surface area (Å²) in [6, 6.07) is 7.40. The van der Waals surface area contributed by atoms with E-state index in [2.05, 4.69) is 26.6 Å². The average molecular weight is 329 g/mol. The summed E-state index contributed by atoms with van der Waals surface area (Å²) in [6.45, 7) is 0.279. The molecule has 5 nitrogen and oxygen atoms in total. The summed E-state index contributed by atoms with van der Waals surface area (Å²) in [7, 11) is 3.03. The van der Waals surface area contributed by atoms with Crippen molar-refractivity contribution in [2.24, 2.45) is 0 Å². The maximum Gasteiger partial charge on any atom is 0.318 e. The lowest BCUT2D eigenvalue weighted by atomic mass is 10.2. The molecule has 2 amide bonds. The molecule has 0 aliphatic rings. The highest BCUT2D eigenvalue weighted by molar-refractivity contribution is 9.10. The van der Waals surface area contributed by atoms with Crippen molar-refractivity contribution in [1.82, 2.24) is 10.6 Å². The second-order valence-electron chi connectivity index (χ2n) is 3.61. The van der Waals surface area contributed by atoms with Gasteiger partial charge in [0.15, 0.2) is 6.29 Å². The van der Waals surface area contributed by atoms with Crippen LogP contribution in [0.4, 0.5) is 4.79 Å². The number of carbonyl (C=O) groups is 1. The van der Waals surface area contributed by atoms with Crippen LogP contribution in [0.3, 0.4) is 0 Å². The zero-order chi connectivity index (χ0) is 14.1. The smallest absolute Gasteiger partial charge is 0.318 e. The minimum atomic E-state index is -0.446. The standard InChI is InChI=1S/C13H17BrN2O3/c1-18-12(19-2)9-16-13(17)15-8-7-10-5-3-4-6-11(10)14/h3-8,12H,9H2,1-2H3,(H2,15,16,17)/b8-7+. The van der Waals surface area contributed by atoms with E-state index in [9.17, 15) is 4.79 Å². The molecule has 0 fully saturated rings. The molecule has 0 bridgehead atoms. The van der Waals surface area contributed by atoms with Gasteiger partial charge in [-0.15, -0.1) is 0 Å². The molecule has 0 radical (unpaired) electrons. The molecule has 104 valence electrons. The molecule has 0 aliphatic carbocycles. The van der Waals surface area contributed by atoms with Crippen LogP contribution in [0, 0.1) is 0 Å². The molecule has 0 spiro atoms. The Bertz CT molecular complexity index is 434. The Hall–Kier alpha value is -1.37. The third-order valence-corrected chi connectivity index (χ3v) is 3.06. The number of nitrogens with one attached hydrogen (secondary N) is 2. The molecule has 1 aromatic rings. The molecule has 6 heteroatoms. The number of ether oxygens (including phenoxy) is 2. The number of amides is 2. The van der Waals surface area contributed by atoms with Crippen LogP contribution in [0.1, 0.15) is 5.56 Å². The highest BCUT2D eigenvalue weighted by Crippen LogP contribution is 2.16. The van der Waals surface area contributed by atoms with E-state index in [0.29, 0.717) is 0 Å². The first-order valence-corrected chi connectivity index (χ1v) is 6.47. The van der Waals surface area contributed by atoms with Gasteiger partial charge in [0.05, 0.1) is 6.54 Å². The number of hydrogen-bond acceptors (Lipinski definition) is 3. The van der Waals surface area contributed by atoms with Gasteiger partial charge in [-0.3, -0.25) is 0 Å². The van der Waals surface area contributed by atoms with Crippen molar-refractivity contribution in [2.45, 2.75) is 6.29 Å². The van der Waals surface area contributed by atoms with Crippen LogP contribution in [0.5, 0.6) is 0 Å². The highest BCUT2D eigenvalue weighted by atomic mass is 79.9. The summed E-state index contributed by atoms with van der Waals surface area (Å²) >= 11 is 3.42. The third kappa shape index (κ3) is 5.87. The van der Waals surface area contributed by atoms with Crippen molar-refractivity contribution in [3.05, 3.63) is 40.5 Å². The molecule has 1 rings (SSSR count). The number of carbonyl (C=O) groups excluding carboxylic acids is 1. The lowest BCUT2D eigenvalue weighted by Crippen LogP contribution is -2.38. The minimum absolute atomic E-state index is 0.279. The number of methoxy groups -OCH3 is 2. The number of rotatable bonds is 6.